The Labute approximate surface area is 68.9 Å². The molecule has 0 N–H and O–H groups in total. The maximum Gasteiger partial charge on any atom is -0.0266 e. The standard InChI is InChI=1S/C11H14/c1-4-7-8-10-11(6-3)9-5-2/h4-10H,1,3H2,2H3/b8-7-,9-5-,11-10+. The van der Waals surface area contributed by atoms with Crippen LogP contribution in [0.25, 0.3) is 0 Å². The zero-order valence-electron chi connectivity index (χ0n) is 6.96. The van der Waals surface area contributed by atoms with Crippen molar-refractivity contribution < 1.29 is 0 Å². The van der Waals surface area contributed by atoms with Gasteiger partial charge in [0, 0.05) is 0 Å². The molecule has 0 aromatic rings. The van der Waals surface area contributed by atoms with Gasteiger partial charge in [0.15, 0.2) is 0 Å². The Hall–Kier alpha value is -1.30. The Bertz CT molecular complexity index is 202. The number of allylic oxidation sites excluding steroid dienone is 8. The molecule has 0 aliphatic carbocycles. The van der Waals surface area contributed by atoms with Crippen molar-refractivity contribution in [2.75, 3.05) is 0 Å². The van der Waals surface area contributed by atoms with Crippen LogP contribution in [-0.4, -0.2) is 0 Å². The molecule has 0 bridgehead atoms. The zero-order valence-corrected chi connectivity index (χ0v) is 6.96. The first kappa shape index (κ1) is 9.70. The molecular formula is C11H14. The smallest absolute Gasteiger partial charge is 0.0266 e. The van der Waals surface area contributed by atoms with E-state index in [1.54, 1.807) is 6.08 Å². The SMILES string of the molecule is C=C\C=C/C=C(C=C)/C=C\C. The molecule has 0 unspecified atom stereocenters. The van der Waals surface area contributed by atoms with Gasteiger partial charge >= 0.3 is 0 Å². The van der Waals surface area contributed by atoms with E-state index < -0.39 is 0 Å². The third-order valence-electron chi connectivity index (χ3n) is 1.13. The summed E-state index contributed by atoms with van der Waals surface area (Å²) < 4.78 is 0. The van der Waals surface area contributed by atoms with Gasteiger partial charge in [-0.25, -0.2) is 0 Å². The fourth-order valence-electron chi connectivity index (χ4n) is 0.629. The van der Waals surface area contributed by atoms with E-state index in [9.17, 15) is 0 Å². The highest BCUT2D eigenvalue weighted by atomic mass is 13.8. The predicted octanol–water partition coefficient (Wildman–Crippen LogP) is 3.42. The summed E-state index contributed by atoms with van der Waals surface area (Å²) >= 11 is 0. The number of hydrogen-bond donors (Lipinski definition) is 0. The van der Waals surface area contributed by atoms with E-state index in [1.807, 2.05) is 43.4 Å². The van der Waals surface area contributed by atoms with E-state index in [0.717, 1.165) is 5.57 Å². The maximum atomic E-state index is 3.68. The molecule has 0 heterocycles. The van der Waals surface area contributed by atoms with E-state index in [2.05, 4.69) is 13.2 Å². The summed E-state index contributed by atoms with van der Waals surface area (Å²) in [4.78, 5) is 0. The van der Waals surface area contributed by atoms with Crippen LogP contribution in [0.2, 0.25) is 0 Å². The van der Waals surface area contributed by atoms with Crippen molar-refractivity contribution in [1.29, 1.82) is 0 Å². The molecule has 0 fully saturated rings. The normalized spacial score (nSPS) is 12.6. The number of hydrogen-bond acceptors (Lipinski definition) is 0. The van der Waals surface area contributed by atoms with Crippen molar-refractivity contribution in [1.82, 2.24) is 0 Å². The Morgan fingerprint density at radius 1 is 1.18 bits per heavy atom. The molecule has 0 saturated carbocycles. The fourth-order valence-corrected chi connectivity index (χ4v) is 0.629. The summed E-state index contributed by atoms with van der Waals surface area (Å²) in [6.07, 6.45) is 13.3. The van der Waals surface area contributed by atoms with Gasteiger partial charge in [0.25, 0.3) is 0 Å². The molecule has 0 amide bonds. The molecule has 0 atom stereocenters. The molecule has 0 aromatic heterocycles. The molecule has 0 spiro atoms. The van der Waals surface area contributed by atoms with E-state index in [-0.39, 0.29) is 0 Å². The van der Waals surface area contributed by atoms with Gasteiger partial charge in [-0.05, 0) is 12.5 Å². The Morgan fingerprint density at radius 2 is 1.91 bits per heavy atom. The minimum atomic E-state index is 1.10. The Balaban J connectivity index is 4.22. The summed E-state index contributed by atoms with van der Waals surface area (Å²) in [6.45, 7) is 9.23. The topological polar surface area (TPSA) is 0 Å². The lowest BCUT2D eigenvalue weighted by Gasteiger charge is -1.86. The average molecular weight is 146 g/mol. The second kappa shape index (κ2) is 6.81. The molecule has 11 heavy (non-hydrogen) atoms. The summed E-state index contributed by atoms with van der Waals surface area (Å²) in [5.41, 5.74) is 1.10. The third kappa shape index (κ3) is 5.16. The molecule has 0 rings (SSSR count). The van der Waals surface area contributed by atoms with Gasteiger partial charge in [-0.1, -0.05) is 55.7 Å². The molecule has 0 aromatic carbocycles. The van der Waals surface area contributed by atoms with Crippen molar-refractivity contribution in [2.45, 2.75) is 6.92 Å². The van der Waals surface area contributed by atoms with Crippen LogP contribution in [0.4, 0.5) is 0 Å². The average Bonchev–Trinajstić information content (AvgIpc) is 2.03. The van der Waals surface area contributed by atoms with Crippen LogP contribution in [0.15, 0.2) is 61.3 Å². The van der Waals surface area contributed by atoms with E-state index in [4.69, 9.17) is 0 Å². The summed E-state index contributed by atoms with van der Waals surface area (Å²) in [6, 6.07) is 0. The van der Waals surface area contributed by atoms with Crippen molar-refractivity contribution in [3.05, 3.63) is 61.3 Å². The molecule has 0 nitrogen and oxygen atoms in total. The van der Waals surface area contributed by atoms with Crippen LogP contribution < -0.4 is 0 Å². The highest BCUT2D eigenvalue weighted by Crippen LogP contribution is 1.97. The molecule has 0 aliphatic rings. The summed E-state index contributed by atoms with van der Waals surface area (Å²) in [7, 11) is 0. The van der Waals surface area contributed by atoms with Gasteiger partial charge in [-0.2, -0.15) is 0 Å². The van der Waals surface area contributed by atoms with E-state index in [0.29, 0.717) is 0 Å². The van der Waals surface area contributed by atoms with Crippen LogP contribution in [0.3, 0.4) is 0 Å². The van der Waals surface area contributed by atoms with Gasteiger partial charge in [-0.3, -0.25) is 0 Å². The van der Waals surface area contributed by atoms with Gasteiger partial charge in [0.2, 0.25) is 0 Å². The highest BCUT2D eigenvalue weighted by Gasteiger charge is 1.77. The first-order valence-electron chi connectivity index (χ1n) is 3.59. The van der Waals surface area contributed by atoms with Crippen LogP contribution in [0.5, 0.6) is 0 Å². The first-order valence-corrected chi connectivity index (χ1v) is 3.59. The summed E-state index contributed by atoms with van der Waals surface area (Å²) in [5.74, 6) is 0. The molecule has 0 saturated heterocycles. The second-order valence-corrected chi connectivity index (χ2v) is 1.99. The van der Waals surface area contributed by atoms with Gasteiger partial charge in [0.05, 0.1) is 0 Å². The largest absolute Gasteiger partial charge is 0.0991 e. The van der Waals surface area contributed by atoms with Gasteiger partial charge < -0.3 is 0 Å². The zero-order chi connectivity index (χ0) is 8.53. The Morgan fingerprint density at radius 3 is 2.36 bits per heavy atom. The summed E-state index contributed by atoms with van der Waals surface area (Å²) in [5, 5.41) is 0. The van der Waals surface area contributed by atoms with Gasteiger partial charge in [-0.15, -0.1) is 0 Å². The quantitative estimate of drug-likeness (QED) is 0.533. The highest BCUT2D eigenvalue weighted by molar-refractivity contribution is 5.32. The monoisotopic (exact) mass is 146 g/mol. The predicted molar refractivity (Wildman–Crippen MR) is 52.4 cm³/mol. The lowest BCUT2D eigenvalue weighted by molar-refractivity contribution is 1.64. The van der Waals surface area contributed by atoms with Crippen molar-refractivity contribution in [3.8, 4) is 0 Å². The van der Waals surface area contributed by atoms with Crippen LogP contribution in [0.1, 0.15) is 6.92 Å². The molecule has 0 heteroatoms. The van der Waals surface area contributed by atoms with Crippen molar-refractivity contribution >= 4 is 0 Å². The lowest BCUT2D eigenvalue weighted by Crippen LogP contribution is -1.66. The van der Waals surface area contributed by atoms with Gasteiger partial charge in [0.1, 0.15) is 0 Å². The molecule has 0 aliphatic heterocycles. The molecule has 0 radical (unpaired) electrons. The molecular weight excluding hydrogens is 132 g/mol. The van der Waals surface area contributed by atoms with Crippen molar-refractivity contribution in [3.63, 3.8) is 0 Å². The van der Waals surface area contributed by atoms with E-state index in [1.165, 1.54) is 0 Å². The maximum absolute atomic E-state index is 3.68. The van der Waals surface area contributed by atoms with Crippen molar-refractivity contribution in [2.24, 2.45) is 0 Å². The van der Waals surface area contributed by atoms with Crippen LogP contribution >= 0.6 is 0 Å². The van der Waals surface area contributed by atoms with E-state index >= 15 is 0 Å². The fraction of sp³-hybridized carbons (Fsp3) is 0.0909. The lowest BCUT2D eigenvalue weighted by atomic mass is 10.2. The minimum Gasteiger partial charge on any atom is -0.0991 e. The first-order chi connectivity index (χ1) is 5.35. The number of rotatable bonds is 4. The Kier molecular flexibility index (Phi) is 6.01. The third-order valence-corrected chi connectivity index (χ3v) is 1.13. The van der Waals surface area contributed by atoms with Crippen LogP contribution in [-0.2, 0) is 0 Å². The second-order valence-electron chi connectivity index (χ2n) is 1.99. The minimum absolute atomic E-state index is 1.10. The van der Waals surface area contributed by atoms with Crippen LogP contribution in [0, 0.1) is 0 Å². The molecule has 58 valence electrons.